The summed E-state index contributed by atoms with van der Waals surface area (Å²) < 4.78 is 10.9. The smallest absolute Gasteiger partial charge is 0.336 e. The second-order valence-electron chi connectivity index (χ2n) is 5.43. The lowest BCUT2D eigenvalue weighted by Gasteiger charge is -2.11. The first-order valence-corrected chi connectivity index (χ1v) is 7.88. The van der Waals surface area contributed by atoms with Crippen LogP contribution in [-0.2, 0) is 4.79 Å². The summed E-state index contributed by atoms with van der Waals surface area (Å²) in [5.74, 6) is 0.406. The Bertz CT molecular complexity index is 747. The van der Waals surface area contributed by atoms with Crippen molar-refractivity contribution >= 4 is 17.6 Å². The Morgan fingerprint density at radius 3 is 2.58 bits per heavy atom. The fourth-order valence-electron chi connectivity index (χ4n) is 2.44. The Hall–Kier alpha value is -2.75. The molecule has 24 heavy (non-hydrogen) atoms. The van der Waals surface area contributed by atoms with Gasteiger partial charge in [-0.1, -0.05) is 31.2 Å². The third-order valence-electron chi connectivity index (χ3n) is 3.63. The first kappa shape index (κ1) is 17.6. The van der Waals surface area contributed by atoms with Crippen LogP contribution >= 0.6 is 0 Å². The molecule has 0 bridgehead atoms. The number of para-hydroxylation sites is 1. The number of aliphatic carboxylic acids is 1. The molecule has 0 amide bonds. The number of rotatable bonds is 7. The van der Waals surface area contributed by atoms with Gasteiger partial charge in [-0.25, -0.2) is 4.79 Å². The van der Waals surface area contributed by atoms with Crippen LogP contribution in [-0.4, -0.2) is 24.8 Å². The van der Waals surface area contributed by atoms with E-state index in [1.54, 1.807) is 31.4 Å². The van der Waals surface area contributed by atoms with Crippen LogP contribution in [0.2, 0.25) is 0 Å². The molecule has 2 aromatic rings. The van der Waals surface area contributed by atoms with E-state index in [-0.39, 0.29) is 5.57 Å². The Labute approximate surface area is 142 Å². The van der Waals surface area contributed by atoms with Gasteiger partial charge in [-0.2, -0.15) is 0 Å². The molecule has 0 aliphatic heterocycles. The van der Waals surface area contributed by atoms with Crippen LogP contribution in [0.5, 0.6) is 11.5 Å². The quantitative estimate of drug-likeness (QED) is 0.604. The molecule has 0 heterocycles. The van der Waals surface area contributed by atoms with E-state index in [1.807, 2.05) is 38.1 Å². The molecule has 0 saturated carbocycles. The molecule has 0 saturated heterocycles. The minimum absolute atomic E-state index is 0.221. The van der Waals surface area contributed by atoms with Gasteiger partial charge in [0, 0.05) is 5.56 Å². The Balaban J connectivity index is 2.44. The normalized spacial score (nSPS) is 11.2. The van der Waals surface area contributed by atoms with Crippen molar-refractivity contribution in [2.24, 2.45) is 0 Å². The van der Waals surface area contributed by atoms with Crippen molar-refractivity contribution in [2.45, 2.75) is 20.3 Å². The summed E-state index contributed by atoms with van der Waals surface area (Å²) in [5.41, 5.74) is 2.46. The van der Waals surface area contributed by atoms with Gasteiger partial charge in [0.05, 0.1) is 19.3 Å². The first-order valence-electron chi connectivity index (χ1n) is 7.88. The summed E-state index contributed by atoms with van der Waals surface area (Å²) in [5, 5.41) is 9.65. The Morgan fingerprint density at radius 1 is 1.21 bits per heavy atom. The predicted molar refractivity (Wildman–Crippen MR) is 95.5 cm³/mol. The highest BCUT2D eigenvalue weighted by atomic mass is 16.5. The van der Waals surface area contributed by atoms with Gasteiger partial charge in [-0.15, -0.1) is 0 Å². The maximum absolute atomic E-state index is 11.8. The molecule has 0 aliphatic rings. The topological polar surface area (TPSA) is 55.8 Å². The van der Waals surface area contributed by atoms with Gasteiger partial charge in [0.1, 0.15) is 11.5 Å². The third kappa shape index (κ3) is 4.16. The van der Waals surface area contributed by atoms with Crippen LogP contribution in [0.3, 0.4) is 0 Å². The zero-order valence-corrected chi connectivity index (χ0v) is 14.2. The summed E-state index contributed by atoms with van der Waals surface area (Å²) in [7, 11) is 1.57. The second kappa shape index (κ2) is 8.20. The van der Waals surface area contributed by atoms with Crippen LogP contribution < -0.4 is 9.47 Å². The highest BCUT2D eigenvalue weighted by molar-refractivity contribution is 6.21. The Kier molecular flexibility index (Phi) is 6.01. The van der Waals surface area contributed by atoms with Crippen molar-refractivity contribution in [3.63, 3.8) is 0 Å². The van der Waals surface area contributed by atoms with Crippen LogP contribution in [0.1, 0.15) is 30.0 Å². The molecular formula is C20H22O4. The fraction of sp³-hybridized carbons (Fsp3) is 0.250. The van der Waals surface area contributed by atoms with E-state index in [0.717, 1.165) is 23.3 Å². The van der Waals surface area contributed by atoms with Gasteiger partial charge in [-0.3, -0.25) is 0 Å². The van der Waals surface area contributed by atoms with Crippen molar-refractivity contribution in [1.82, 2.24) is 0 Å². The van der Waals surface area contributed by atoms with Crippen molar-refractivity contribution in [1.29, 1.82) is 0 Å². The molecule has 0 unspecified atom stereocenters. The van der Waals surface area contributed by atoms with Crippen LogP contribution in [0.25, 0.3) is 11.6 Å². The lowest BCUT2D eigenvalue weighted by Crippen LogP contribution is -2.03. The predicted octanol–water partition coefficient (Wildman–Crippen LogP) is 4.42. The number of ether oxygens (including phenoxy) is 2. The van der Waals surface area contributed by atoms with E-state index in [9.17, 15) is 9.90 Å². The summed E-state index contributed by atoms with van der Waals surface area (Å²) in [6, 6.07) is 12.8. The maximum Gasteiger partial charge on any atom is 0.336 e. The number of hydrogen-bond donors (Lipinski definition) is 1. The number of carboxylic acids is 1. The molecular weight excluding hydrogens is 304 g/mol. The van der Waals surface area contributed by atoms with Gasteiger partial charge in [0.2, 0.25) is 0 Å². The molecule has 126 valence electrons. The zero-order valence-electron chi connectivity index (χ0n) is 14.2. The van der Waals surface area contributed by atoms with Crippen molar-refractivity contribution in [3.05, 3.63) is 59.2 Å². The van der Waals surface area contributed by atoms with Crippen molar-refractivity contribution < 1.29 is 19.4 Å². The molecule has 0 fully saturated rings. The van der Waals surface area contributed by atoms with E-state index in [0.29, 0.717) is 17.9 Å². The van der Waals surface area contributed by atoms with E-state index in [1.165, 1.54) is 0 Å². The lowest BCUT2D eigenvalue weighted by atomic mass is 9.98. The summed E-state index contributed by atoms with van der Waals surface area (Å²) in [6.07, 6.45) is 2.56. The van der Waals surface area contributed by atoms with Gasteiger partial charge in [-0.05, 0) is 48.7 Å². The minimum atomic E-state index is -0.980. The van der Waals surface area contributed by atoms with Gasteiger partial charge in [0.25, 0.3) is 0 Å². The van der Waals surface area contributed by atoms with E-state index >= 15 is 0 Å². The lowest BCUT2D eigenvalue weighted by molar-refractivity contribution is -0.130. The first-order chi connectivity index (χ1) is 11.6. The second-order valence-corrected chi connectivity index (χ2v) is 5.43. The molecule has 0 radical (unpaired) electrons. The molecule has 0 aromatic heterocycles. The molecule has 4 heteroatoms. The highest BCUT2D eigenvalue weighted by Crippen LogP contribution is 2.28. The maximum atomic E-state index is 11.8. The fourth-order valence-corrected chi connectivity index (χ4v) is 2.44. The molecule has 0 atom stereocenters. The van der Waals surface area contributed by atoms with Crippen molar-refractivity contribution in [2.75, 3.05) is 13.7 Å². The third-order valence-corrected chi connectivity index (χ3v) is 3.63. The van der Waals surface area contributed by atoms with Crippen LogP contribution in [0.4, 0.5) is 0 Å². The standard InChI is InChI=1S/C20H22O4/c1-4-11-24-16-9-10-17(14(2)12-16)18(20(21)22)13-15-7-5-6-8-19(15)23-3/h5-10,12-13H,4,11H2,1-3H3,(H,21,22)/b18-13-. The highest BCUT2D eigenvalue weighted by Gasteiger charge is 2.15. The number of aryl methyl sites for hydroxylation is 1. The number of methoxy groups -OCH3 is 1. The van der Waals surface area contributed by atoms with Gasteiger partial charge >= 0.3 is 5.97 Å². The summed E-state index contributed by atoms with van der Waals surface area (Å²) in [6.45, 7) is 4.56. The minimum Gasteiger partial charge on any atom is -0.496 e. The van der Waals surface area contributed by atoms with E-state index in [2.05, 4.69) is 0 Å². The van der Waals surface area contributed by atoms with E-state index in [4.69, 9.17) is 9.47 Å². The summed E-state index contributed by atoms with van der Waals surface area (Å²) in [4.78, 5) is 11.8. The Morgan fingerprint density at radius 2 is 1.96 bits per heavy atom. The monoisotopic (exact) mass is 326 g/mol. The largest absolute Gasteiger partial charge is 0.496 e. The molecule has 2 aromatic carbocycles. The number of hydrogen-bond acceptors (Lipinski definition) is 3. The molecule has 4 nitrogen and oxygen atoms in total. The molecule has 1 N–H and O–H groups in total. The number of benzene rings is 2. The SMILES string of the molecule is CCCOc1ccc(/C(=C/c2ccccc2OC)C(=O)O)c(C)c1. The van der Waals surface area contributed by atoms with Crippen LogP contribution in [0, 0.1) is 6.92 Å². The van der Waals surface area contributed by atoms with Crippen molar-refractivity contribution in [3.8, 4) is 11.5 Å². The number of carbonyl (C=O) groups is 1. The van der Waals surface area contributed by atoms with Gasteiger partial charge < -0.3 is 14.6 Å². The molecule has 0 spiro atoms. The zero-order chi connectivity index (χ0) is 17.5. The summed E-state index contributed by atoms with van der Waals surface area (Å²) >= 11 is 0. The van der Waals surface area contributed by atoms with Gasteiger partial charge in [0.15, 0.2) is 0 Å². The average molecular weight is 326 g/mol. The molecule has 0 aliphatic carbocycles. The molecule has 2 rings (SSSR count). The number of carboxylic acid groups (broad SMARTS) is 1. The van der Waals surface area contributed by atoms with E-state index < -0.39 is 5.97 Å². The van der Waals surface area contributed by atoms with Crippen LogP contribution in [0.15, 0.2) is 42.5 Å². The average Bonchev–Trinajstić information content (AvgIpc) is 2.58.